The first-order valence-corrected chi connectivity index (χ1v) is 11.9. The Kier molecular flexibility index (Phi) is 7.78. The third kappa shape index (κ3) is 5.62. The van der Waals surface area contributed by atoms with Crippen LogP contribution < -0.4 is 10.1 Å². The monoisotopic (exact) mass is 489 g/mol. The minimum atomic E-state index is 0. The Bertz CT molecular complexity index is 1110. The second-order valence-corrected chi connectivity index (χ2v) is 9.18. The maximum absolute atomic E-state index is 11.6. The fourth-order valence-corrected chi connectivity index (χ4v) is 4.89. The minimum absolute atomic E-state index is 0. The third-order valence-electron chi connectivity index (χ3n) is 6.55. The number of aryl methyl sites for hydroxylation is 1. The average molecular weight is 490 g/mol. The Labute approximate surface area is 205 Å². The highest BCUT2D eigenvalue weighted by Crippen LogP contribution is 2.33. The molecule has 0 bridgehead atoms. The predicted molar refractivity (Wildman–Crippen MR) is 133 cm³/mol. The van der Waals surface area contributed by atoms with E-state index < -0.39 is 0 Å². The number of anilines is 1. The predicted octanol–water partition coefficient (Wildman–Crippen LogP) is 5.83. The average Bonchev–Trinajstić information content (AvgIpc) is 3.22. The van der Waals surface area contributed by atoms with E-state index in [9.17, 15) is 4.79 Å². The summed E-state index contributed by atoms with van der Waals surface area (Å²) in [5.41, 5.74) is 3.93. The zero-order valence-electron chi connectivity index (χ0n) is 18.5. The van der Waals surface area contributed by atoms with E-state index in [1.54, 1.807) is 0 Å². The maximum Gasteiger partial charge on any atom is 0.224 e. The smallest absolute Gasteiger partial charge is 0.224 e. The number of benzene rings is 2. The van der Waals surface area contributed by atoms with Gasteiger partial charge in [0.1, 0.15) is 5.75 Å². The van der Waals surface area contributed by atoms with Crippen LogP contribution in [0.4, 0.5) is 5.69 Å². The number of fused-ring (bicyclic) bond motifs is 2. The molecule has 176 valence electrons. The summed E-state index contributed by atoms with van der Waals surface area (Å²) in [6.07, 6.45) is 5.69. The van der Waals surface area contributed by atoms with Gasteiger partial charge in [0.15, 0.2) is 5.58 Å². The number of halogens is 2. The number of nitrogens with zero attached hydrogens (tertiary/aromatic N) is 2. The number of amides is 1. The van der Waals surface area contributed by atoms with Crippen LogP contribution in [-0.2, 0) is 11.2 Å². The molecule has 1 aromatic heterocycles. The number of hydrogen-bond donors (Lipinski definition) is 1. The topological polar surface area (TPSA) is 67.6 Å². The van der Waals surface area contributed by atoms with E-state index in [1.165, 1.54) is 5.56 Å². The number of carbonyl (C=O) groups excluding carboxylic acids is 1. The summed E-state index contributed by atoms with van der Waals surface area (Å²) in [5.74, 6) is 1.36. The Morgan fingerprint density at radius 1 is 1.12 bits per heavy atom. The fourth-order valence-electron chi connectivity index (χ4n) is 4.72. The minimum Gasteiger partial charge on any atom is -0.494 e. The van der Waals surface area contributed by atoms with E-state index in [4.69, 9.17) is 20.9 Å². The molecular weight excluding hydrogens is 461 g/mol. The molecule has 0 radical (unpaired) electrons. The van der Waals surface area contributed by atoms with E-state index in [-0.39, 0.29) is 18.3 Å². The molecule has 0 saturated carbocycles. The first-order chi connectivity index (χ1) is 15.7. The van der Waals surface area contributed by atoms with E-state index in [0.29, 0.717) is 24.0 Å². The molecule has 0 atom stereocenters. The lowest BCUT2D eigenvalue weighted by Gasteiger charge is -2.31. The lowest BCUT2D eigenvalue weighted by molar-refractivity contribution is -0.116. The van der Waals surface area contributed by atoms with Crippen molar-refractivity contribution in [3.8, 4) is 5.75 Å². The number of aromatic nitrogens is 1. The van der Waals surface area contributed by atoms with Crippen molar-refractivity contribution in [1.82, 2.24) is 10.1 Å². The lowest BCUT2D eigenvalue weighted by atomic mass is 9.91. The summed E-state index contributed by atoms with van der Waals surface area (Å²) < 4.78 is 11.4. The molecule has 5 rings (SSSR count). The van der Waals surface area contributed by atoms with Gasteiger partial charge < -0.3 is 19.5 Å². The standard InChI is InChI=1S/C25H28ClN3O3.ClH/c26-19-5-7-21-23(15-19)32-28-25(21)18-9-12-29(13-10-18)11-1-2-14-31-20-6-3-17-4-8-24(30)27-22(17)16-20;/h3,5-7,15-16,18H,1-2,4,8-14H2,(H,27,30);1H. The van der Waals surface area contributed by atoms with Crippen molar-refractivity contribution in [1.29, 1.82) is 0 Å². The van der Waals surface area contributed by atoms with Crippen LogP contribution in [0, 0.1) is 0 Å². The lowest BCUT2D eigenvalue weighted by Crippen LogP contribution is -2.34. The van der Waals surface area contributed by atoms with Crippen LogP contribution in [0.1, 0.15) is 49.3 Å². The van der Waals surface area contributed by atoms with Gasteiger partial charge in [0.25, 0.3) is 0 Å². The first kappa shape index (κ1) is 23.9. The first-order valence-electron chi connectivity index (χ1n) is 11.5. The quantitative estimate of drug-likeness (QED) is 0.423. The SMILES string of the molecule is Cl.O=C1CCc2ccc(OCCCCN3CCC(c4noc5cc(Cl)ccc45)CC3)cc2N1. The molecule has 6 nitrogen and oxygen atoms in total. The molecule has 1 amide bonds. The molecule has 33 heavy (non-hydrogen) atoms. The summed E-state index contributed by atoms with van der Waals surface area (Å²) >= 11 is 6.05. The molecule has 2 aliphatic rings. The van der Waals surface area contributed by atoms with Crippen molar-refractivity contribution in [2.45, 2.75) is 44.4 Å². The van der Waals surface area contributed by atoms with Gasteiger partial charge in [-0.2, -0.15) is 0 Å². The van der Waals surface area contributed by atoms with Crippen molar-refractivity contribution in [3.05, 3.63) is 52.7 Å². The highest BCUT2D eigenvalue weighted by atomic mass is 35.5. The van der Waals surface area contributed by atoms with Gasteiger partial charge in [-0.3, -0.25) is 4.79 Å². The van der Waals surface area contributed by atoms with Gasteiger partial charge in [-0.05, 0) is 75.5 Å². The number of ether oxygens (including phenoxy) is 1. The molecule has 3 heterocycles. The van der Waals surface area contributed by atoms with Crippen LogP contribution >= 0.6 is 24.0 Å². The van der Waals surface area contributed by atoms with Gasteiger partial charge >= 0.3 is 0 Å². The van der Waals surface area contributed by atoms with Gasteiger partial charge in [-0.25, -0.2) is 0 Å². The number of piperidine rings is 1. The van der Waals surface area contributed by atoms with Crippen LogP contribution in [0.15, 0.2) is 40.9 Å². The molecule has 2 aromatic carbocycles. The number of nitrogens with one attached hydrogen (secondary N) is 1. The Balaban J connectivity index is 0.00000259. The summed E-state index contributed by atoms with van der Waals surface area (Å²) in [5, 5.41) is 9.04. The zero-order chi connectivity index (χ0) is 21.9. The zero-order valence-corrected chi connectivity index (χ0v) is 20.1. The Hall–Kier alpha value is -2.28. The van der Waals surface area contributed by atoms with Gasteiger partial charge in [0.05, 0.1) is 12.3 Å². The van der Waals surface area contributed by atoms with Crippen LogP contribution in [0.2, 0.25) is 5.02 Å². The van der Waals surface area contributed by atoms with Gasteiger partial charge in [0.2, 0.25) is 5.91 Å². The molecule has 0 unspecified atom stereocenters. The molecule has 0 aliphatic carbocycles. The highest BCUT2D eigenvalue weighted by Gasteiger charge is 2.24. The molecule has 0 spiro atoms. The number of unbranched alkanes of at least 4 members (excludes halogenated alkanes) is 1. The van der Waals surface area contributed by atoms with Crippen LogP contribution in [0.25, 0.3) is 11.0 Å². The third-order valence-corrected chi connectivity index (χ3v) is 6.79. The molecule has 8 heteroatoms. The molecule has 2 aliphatic heterocycles. The van der Waals surface area contributed by atoms with Crippen molar-refractivity contribution in [2.24, 2.45) is 0 Å². The highest BCUT2D eigenvalue weighted by molar-refractivity contribution is 6.31. The van der Waals surface area contributed by atoms with Crippen LogP contribution in [0.3, 0.4) is 0 Å². The van der Waals surface area contributed by atoms with Crippen LogP contribution in [-0.4, -0.2) is 42.2 Å². The largest absolute Gasteiger partial charge is 0.494 e. The van der Waals surface area contributed by atoms with Gasteiger partial charge in [-0.15, -0.1) is 12.4 Å². The van der Waals surface area contributed by atoms with E-state index in [0.717, 1.165) is 79.8 Å². The van der Waals surface area contributed by atoms with E-state index >= 15 is 0 Å². The summed E-state index contributed by atoms with van der Waals surface area (Å²) in [7, 11) is 0. The summed E-state index contributed by atoms with van der Waals surface area (Å²) in [4.78, 5) is 14.1. The number of carbonyl (C=O) groups is 1. The van der Waals surface area contributed by atoms with Crippen molar-refractivity contribution < 1.29 is 14.1 Å². The van der Waals surface area contributed by atoms with Gasteiger partial charge in [-0.1, -0.05) is 22.8 Å². The van der Waals surface area contributed by atoms with Crippen LogP contribution in [0.5, 0.6) is 5.75 Å². The summed E-state index contributed by atoms with van der Waals surface area (Å²) in [6.45, 7) is 3.94. The Morgan fingerprint density at radius 3 is 2.82 bits per heavy atom. The maximum atomic E-state index is 11.6. The number of rotatable bonds is 7. The second-order valence-electron chi connectivity index (χ2n) is 8.75. The molecule has 1 fully saturated rings. The Morgan fingerprint density at radius 2 is 1.97 bits per heavy atom. The van der Waals surface area contributed by atoms with E-state index in [1.807, 2.05) is 30.3 Å². The van der Waals surface area contributed by atoms with Crippen molar-refractivity contribution in [2.75, 3.05) is 31.6 Å². The van der Waals surface area contributed by atoms with Gasteiger partial charge in [0, 0.05) is 40.6 Å². The second kappa shape index (κ2) is 10.8. The van der Waals surface area contributed by atoms with E-state index in [2.05, 4.69) is 21.4 Å². The molecule has 1 N–H and O–H groups in total. The molecule has 1 saturated heterocycles. The fraction of sp³-hybridized carbons (Fsp3) is 0.440. The molecule has 3 aromatic rings. The van der Waals surface area contributed by atoms with Crippen molar-refractivity contribution >= 4 is 46.6 Å². The summed E-state index contributed by atoms with van der Waals surface area (Å²) in [6, 6.07) is 11.8. The number of hydrogen-bond acceptors (Lipinski definition) is 5. The number of likely N-dealkylation sites (tertiary alicyclic amines) is 1. The molecular formula is C25H29Cl2N3O3. The normalized spacial score (nSPS) is 16.8. The van der Waals surface area contributed by atoms with Crippen molar-refractivity contribution in [3.63, 3.8) is 0 Å².